The van der Waals surface area contributed by atoms with Crippen molar-refractivity contribution in [3.05, 3.63) is 39.3 Å². The second kappa shape index (κ2) is 5.63. The van der Waals surface area contributed by atoms with E-state index in [0.717, 1.165) is 15.9 Å². The third-order valence-electron chi connectivity index (χ3n) is 2.52. The number of hydrogen-bond acceptors (Lipinski definition) is 3. The van der Waals surface area contributed by atoms with Gasteiger partial charge in [0, 0.05) is 29.2 Å². The van der Waals surface area contributed by atoms with Gasteiger partial charge in [0.15, 0.2) is 5.82 Å². The fourth-order valence-corrected chi connectivity index (χ4v) is 2.40. The molecule has 18 heavy (non-hydrogen) atoms. The van der Waals surface area contributed by atoms with E-state index in [4.69, 9.17) is 16.3 Å². The number of ether oxygens (including phenoxy) is 1. The number of aryl methyl sites for hydroxylation is 1. The first kappa shape index (κ1) is 13.2. The van der Waals surface area contributed by atoms with E-state index in [1.807, 2.05) is 31.3 Å². The van der Waals surface area contributed by atoms with Gasteiger partial charge in [-0.3, -0.25) is 0 Å². The van der Waals surface area contributed by atoms with E-state index in [1.165, 1.54) is 0 Å². The molecule has 96 valence electrons. The average molecular weight is 331 g/mol. The largest absolute Gasteiger partial charge is 0.481 e. The van der Waals surface area contributed by atoms with Crippen LogP contribution in [0.4, 0.5) is 5.82 Å². The first-order chi connectivity index (χ1) is 8.60. The summed E-state index contributed by atoms with van der Waals surface area (Å²) < 4.78 is 7.81. The molecule has 0 radical (unpaired) electrons. The SMILES string of the molecule is COc1cc(NCc2ccc(Cl)cc2Br)nn1C. The maximum atomic E-state index is 5.89. The molecule has 0 unspecified atom stereocenters. The summed E-state index contributed by atoms with van der Waals surface area (Å²) in [5, 5.41) is 8.23. The summed E-state index contributed by atoms with van der Waals surface area (Å²) in [6.07, 6.45) is 0. The van der Waals surface area contributed by atoms with Crippen LogP contribution >= 0.6 is 27.5 Å². The lowest BCUT2D eigenvalue weighted by Crippen LogP contribution is -2.01. The predicted molar refractivity (Wildman–Crippen MR) is 76.2 cm³/mol. The van der Waals surface area contributed by atoms with Gasteiger partial charge in [0.25, 0.3) is 0 Å². The highest BCUT2D eigenvalue weighted by Gasteiger charge is 2.05. The molecule has 1 aromatic heterocycles. The molecule has 2 rings (SSSR count). The minimum Gasteiger partial charge on any atom is -0.481 e. The van der Waals surface area contributed by atoms with Crippen LogP contribution in [0.1, 0.15) is 5.56 Å². The van der Waals surface area contributed by atoms with Gasteiger partial charge in [0.2, 0.25) is 5.88 Å². The number of hydrogen-bond donors (Lipinski definition) is 1. The summed E-state index contributed by atoms with van der Waals surface area (Å²) in [5.41, 5.74) is 1.11. The van der Waals surface area contributed by atoms with E-state index < -0.39 is 0 Å². The molecule has 0 amide bonds. The van der Waals surface area contributed by atoms with Crippen LogP contribution in [0.2, 0.25) is 5.02 Å². The van der Waals surface area contributed by atoms with Gasteiger partial charge < -0.3 is 10.1 Å². The van der Waals surface area contributed by atoms with Gasteiger partial charge in [-0.05, 0) is 17.7 Å². The molecule has 0 aliphatic rings. The molecular weight excluding hydrogens is 318 g/mol. The maximum absolute atomic E-state index is 5.89. The zero-order valence-corrected chi connectivity index (χ0v) is 12.4. The summed E-state index contributed by atoms with van der Waals surface area (Å²) >= 11 is 9.37. The van der Waals surface area contributed by atoms with Crippen LogP contribution in [0.5, 0.6) is 5.88 Å². The Bertz CT molecular complexity index is 556. The van der Waals surface area contributed by atoms with Crippen molar-refractivity contribution in [2.75, 3.05) is 12.4 Å². The fourth-order valence-electron chi connectivity index (χ4n) is 1.58. The van der Waals surface area contributed by atoms with Crippen LogP contribution in [0, 0.1) is 0 Å². The lowest BCUT2D eigenvalue weighted by molar-refractivity contribution is 0.373. The number of aromatic nitrogens is 2. The number of nitrogens with one attached hydrogen (secondary N) is 1. The van der Waals surface area contributed by atoms with Gasteiger partial charge in [-0.25, -0.2) is 4.68 Å². The second-order valence-electron chi connectivity index (χ2n) is 3.78. The Morgan fingerprint density at radius 3 is 2.83 bits per heavy atom. The predicted octanol–water partition coefficient (Wildman–Crippen LogP) is 3.46. The van der Waals surface area contributed by atoms with Crippen molar-refractivity contribution in [2.24, 2.45) is 7.05 Å². The van der Waals surface area contributed by atoms with Gasteiger partial charge in [-0.2, -0.15) is 5.10 Å². The van der Waals surface area contributed by atoms with Gasteiger partial charge in [0.05, 0.1) is 7.11 Å². The molecule has 0 fully saturated rings. The molecule has 0 saturated carbocycles. The minimum absolute atomic E-state index is 0.665. The number of nitrogens with zero attached hydrogens (tertiary/aromatic N) is 2. The van der Waals surface area contributed by atoms with Crippen molar-refractivity contribution < 1.29 is 4.74 Å². The number of rotatable bonds is 4. The standard InChI is InChI=1S/C12H13BrClN3O/c1-17-12(18-2)6-11(16-17)15-7-8-3-4-9(14)5-10(8)13/h3-6H,7H2,1-2H3,(H,15,16). The Morgan fingerprint density at radius 1 is 1.44 bits per heavy atom. The van der Waals surface area contributed by atoms with Crippen LogP contribution in [0.15, 0.2) is 28.7 Å². The molecule has 0 bridgehead atoms. The molecule has 2 aromatic rings. The smallest absolute Gasteiger partial charge is 0.213 e. The van der Waals surface area contributed by atoms with E-state index in [9.17, 15) is 0 Å². The Labute approximate surface area is 119 Å². The fraction of sp³-hybridized carbons (Fsp3) is 0.250. The lowest BCUT2D eigenvalue weighted by Gasteiger charge is -2.05. The highest BCUT2D eigenvalue weighted by molar-refractivity contribution is 9.10. The number of halogens is 2. The molecule has 0 atom stereocenters. The number of anilines is 1. The summed E-state index contributed by atoms with van der Waals surface area (Å²) in [5.74, 6) is 1.49. The average Bonchev–Trinajstić information content (AvgIpc) is 2.69. The molecule has 0 aliphatic carbocycles. The second-order valence-corrected chi connectivity index (χ2v) is 5.08. The highest BCUT2D eigenvalue weighted by Crippen LogP contribution is 2.23. The Morgan fingerprint density at radius 2 is 2.22 bits per heavy atom. The van der Waals surface area contributed by atoms with Crippen molar-refractivity contribution in [2.45, 2.75) is 6.54 Å². The Hall–Kier alpha value is -1.20. The Kier molecular flexibility index (Phi) is 4.14. The van der Waals surface area contributed by atoms with Crippen LogP contribution in [-0.2, 0) is 13.6 Å². The van der Waals surface area contributed by atoms with Gasteiger partial charge >= 0.3 is 0 Å². The Balaban J connectivity index is 2.06. The summed E-state index contributed by atoms with van der Waals surface area (Å²) in [6, 6.07) is 7.56. The van der Waals surface area contributed by atoms with Crippen LogP contribution in [0.25, 0.3) is 0 Å². The first-order valence-electron chi connectivity index (χ1n) is 5.36. The molecule has 1 N–H and O–H groups in total. The third-order valence-corrected chi connectivity index (χ3v) is 3.49. The van der Waals surface area contributed by atoms with Gasteiger partial charge in [0.1, 0.15) is 0 Å². The van der Waals surface area contributed by atoms with Crippen molar-refractivity contribution in [3.8, 4) is 5.88 Å². The van der Waals surface area contributed by atoms with E-state index in [0.29, 0.717) is 17.4 Å². The highest BCUT2D eigenvalue weighted by atomic mass is 79.9. The maximum Gasteiger partial charge on any atom is 0.213 e. The molecular formula is C12H13BrClN3O. The van der Waals surface area contributed by atoms with Gasteiger partial charge in [-0.1, -0.05) is 33.6 Å². The molecule has 0 saturated heterocycles. The van der Waals surface area contributed by atoms with Crippen LogP contribution in [0.3, 0.4) is 0 Å². The topological polar surface area (TPSA) is 39.1 Å². The van der Waals surface area contributed by atoms with Crippen molar-refractivity contribution >= 4 is 33.3 Å². The van der Waals surface area contributed by atoms with E-state index >= 15 is 0 Å². The number of benzene rings is 1. The van der Waals surface area contributed by atoms with E-state index in [2.05, 4.69) is 26.3 Å². The van der Waals surface area contributed by atoms with Gasteiger partial charge in [-0.15, -0.1) is 0 Å². The van der Waals surface area contributed by atoms with Crippen molar-refractivity contribution in [3.63, 3.8) is 0 Å². The lowest BCUT2D eigenvalue weighted by atomic mass is 10.2. The zero-order chi connectivity index (χ0) is 13.1. The normalized spacial score (nSPS) is 10.4. The monoisotopic (exact) mass is 329 g/mol. The quantitative estimate of drug-likeness (QED) is 0.933. The number of methoxy groups -OCH3 is 1. The molecule has 6 heteroatoms. The van der Waals surface area contributed by atoms with Crippen LogP contribution < -0.4 is 10.1 Å². The van der Waals surface area contributed by atoms with Crippen molar-refractivity contribution in [1.29, 1.82) is 0 Å². The molecule has 1 heterocycles. The first-order valence-corrected chi connectivity index (χ1v) is 6.53. The summed E-state index contributed by atoms with van der Waals surface area (Å²) in [7, 11) is 3.46. The zero-order valence-electron chi connectivity index (χ0n) is 10.1. The molecule has 0 spiro atoms. The summed E-state index contributed by atoms with van der Waals surface area (Å²) in [6.45, 7) is 0.665. The van der Waals surface area contributed by atoms with Crippen LogP contribution in [-0.4, -0.2) is 16.9 Å². The van der Waals surface area contributed by atoms with E-state index in [1.54, 1.807) is 11.8 Å². The van der Waals surface area contributed by atoms with Crippen molar-refractivity contribution in [1.82, 2.24) is 9.78 Å². The summed E-state index contributed by atoms with van der Waals surface area (Å²) in [4.78, 5) is 0. The molecule has 4 nitrogen and oxygen atoms in total. The van der Waals surface area contributed by atoms with E-state index in [-0.39, 0.29) is 0 Å². The molecule has 1 aromatic carbocycles. The third kappa shape index (κ3) is 2.97. The minimum atomic E-state index is 0.665. The molecule has 0 aliphatic heterocycles.